The first kappa shape index (κ1) is 18.4. The number of benzene rings is 1. The maximum absolute atomic E-state index is 12.9. The van der Waals surface area contributed by atoms with Gasteiger partial charge in [0.1, 0.15) is 5.75 Å². The van der Waals surface area contributed by atoms with E-state index in [-0.39, 0.29) is 18.1 Å². The third-order valence-corrected chi connectivity index (χ3v) is 4.73. The van der Waals surface area contributed by atoms with Gasteiger partial charge < -0.3 is 15.0 Å². The van der Waals surface area contributed by atoms with Gasteiger partial charge in [0.05, 0.1) is 17.5 Å². The largest absolute Gasteiger partial charge is 0.491 e. The van der Waals surface area contributed by atoms with Crippen molar-refractivity contribution in [3.63, 3.8) is 0 Å². The van der Waals surface area contributed by atoms with Crippen LogP contribution < -0.4 is 10.1 Å². The summed E-state index contributed by atoms with van der Waals surface area (Å²) < 4.78 is 7.36. The third-order valence-electron chi connectivity index (χ3n) is 4.73. The van der Waals surface area contributed by atoms with Crippen molar-refractivity contribution in [2.45, 2.75) is 45.8 Å². The van der Waals surface area contributed by atoms with Crippen LogP contribution in [-0.2, 0) is 0 Å². The molecule has 1 N–H and O–H groups in total. The second-order valence-electron chi connectivity index (χ2n) is 6.99. The SMILES string of the molecule is Cc1c(C(=O)N(C)C2CCNCC2)nnn1-c1ccc(OC(C)C)cc1. The molecule has 7 heteroatoms. The maximum Gasteiger partial charge on any atom is 0.276 e. The van der Waals surface area contributed by atoms with E-state index in [9.17, 15) is 4.79 Å². The summed E-state index contributed by atoms with van der Waals surface area (Å²) in [6.45, 7) is 7.75. The highest BCUT2D eigenvalue weighted by Crippen LogP contribution is 2.20. The predicted molar refractivity (Wildman–Crippen MR) is 99.8 cm³/mol. The van der Waals surface area contributed by atoms with Crippen molar-refractivity contribution in [1.29, 1.82) is 0 Å². The lowest BCUT2D eigenvalue weighted by atomic mass is 10.0. The number of rotatable bonds is 5. The van der Waals surface area contributed by atoms with E-state index in [0.29, 0.717) is 5.69 Å². The smallest absolute Gasteiger partial charge is 0.276 e. The van der Waals surface area contributed by atoms with Gasteiger partial charge in [-0.05, 0) is 71.0 Å². The molecular formula is C19H27N5O2. The van der Waals surface area contributed by atoms with Crippen LogP contribution in [0.25, 0.3) is 5.69 Å². The summed E-state index contributed by atoms with van der Waals surface area (Å²) in [4.78, 5) is 14.7. The lowest BCUT2D eigenvalue weighted by Crippen LogP contribution is -2.44. The number of ether oxygens (including phenoxy) is 1. The van der Waals surface area contributed by atoms with Crippen LogP contribution in [0.5, 0.6) is 5.75 Å². The van der Waals surface area contributed by atoms with E-state index in [2.05, 4.69) is 15.6 Å². The average Bonchev–Trinajstić information content (AvgIpc) is 3.03. The Kier molecular flexibility index (Phi) is 5.56. The molecule has 1 aromatic carbocycles. The molecule has 1 fully saturated rings. The molecule has 1 saturated heterocycles. The number of hydrogen-bond acceptors (Lipinski definition) is 5. The van der Waals surface area contributed by atoms with Crippen LogP contribution in [0.4, 0.5) is 0 Å². The normalized spacial score (nSPS) is 15.3. The number of nitrogens with one attached hydrogen (secondary N) is 1. The van der Waals surface area contributed by atoms with Gasteiger partial charge in [-0.25, -0.2) is 4.68 Å². The molecule has 26 heavy (non-hydrogen) atoms. The van der Waals surface area contributed by atoms with Crippen molar-refractivity contribution in [3.05, 3.63) is 35.7 Å². The van der Waals surface area contributed by atoms with Crippen LogP contribution in [0.1, 0.15) is 42.9 Å². The number of amides is 1. The van der Waals surface area contributed by atoms with Gasteiger partial charge in [0.15, 0.2) is 5.69 Å². The molecule has 0 aliphatic carbocycles. The first-order valence-electron chi connectivity index (χ1n) is 9.14. The number of hydrogen-bond donors (Lipinski definition) is 1. The van der Waals surface area contributed by atoms with Crippen LogP contribution in [0.3, 0.4) is 0 Å². The summed E-state index contributed by atoms with van der Waals surface area (Å²) in [5.74, 6) is 0.740. The van der Waals surface area contributed by atoms with E-state index in [1.54, 1.807) is 4.68 Å². The Bertz CT molecular complexity index is 748. The summed E-state index contributed by atoms with van der Waals surface area (Å²) in [6.07, 6.45) is 2.06. The Labute approximate surface area is 154 Å². The summed E-state index contributed by atoms with van der Waals surface area (Å²) in [7, 11) is 1.86. The number of nitrogens with zero attached hydrogens (tertiary/aromatic N) is 4. The van der Waals surface area contributed by atoms with Gasteiger partial charge in [0, 0.05) is 13.1 Å². The van der Waals surface area contributed by atoms with Crippen molar-refractivity contribution in [1.82, 2.24) is 25.2 Å². The second-order valence-corrected chi connectivity index (χ2v) is 6.99. The van der Waals surface area contributed by atoms with Crippen molar-refractivity contribution >= 4 is 5.91 Å². The number of aromatic nitrogens is 3. The Hall–Kier alpha value is -2.41. The monoisotopic (exact) mass is 357 g/mol. The molecule has 1 aromatic heterocycles. The molecule has 3 rings (SSSR count). The number of carbonyl (C=O) groups excluding carboxylic acids is 1. The zero-order valence-corrected chi connectivity index (χ0v) is 15.9. The minimum Gasteiger partial charge on any atom is -0.491 e. The highest BCUT2D eigenvalue weighted by Gasteiger charge is 2.26. The summed E-state index contributed by atoms with van der Waals surface area (Å²) in [6, 6.07) is 7.90. The zero-order valence-electron chi connectivity index (χ0n) is 15.9. The molecular weight excluding hydrogens is 330 g/mol. The Morgan fingerprint density at radius 1 is 1.27 bits per heavy atom. The Morgan fingerprint density at radius 2 is 1.92 bits per heavy atom. The van der Waals surface area contributed by atoms with Crippen LogP contribution in [0.2, 0.25) is 0 Å². The lowest BCUT2D eigenvalue weighted by Gasteiger charge is -2.31. The van der Waals surface area contributed by atoms with Crippen molar-refractivity contribution < 1.29 is 9.53 Å². The quantitative estimate of drug-likeness (QED) is 0.888. The fraction of sp³-hybridized carbons (Fsp3) is 0.526. The third kappa shape index (κ3) is 3.88. The van der Waals surface area contributed by atoms with E-state index in [1.165, 1.54) is 0 Å². The summed E-state index contributed by atoms with van der Waals surface area (Å²) in [5, 5.41) is 11.7. The van der Waals surface area contributed by atoms with Gasteiger partial charge in [-0.2, -0.15) is 0 Å². The minimum atomic E-state index is -0.0691. The van der Waals surface area contributed by atoms with Crippen LogP contribution in [0.15, 0.2) is 24.3 Å². The van der Waals surface area contributed by atoms with Crippen LogP contribution >= 0.6 is 0 Å². The molecule has 0 unspecified atom stereocenters. The van der Waals surface area contributed by atoms with Gasteiger partial charge in [-0.1, -0.05) is 5.21 Å². The van der Waals surface area contributed by atoms with Gasteiger partial charge in [0.2, 0.25) is 0 Å². The highest BCUT2D eigenvalue weighted by molar-refractivity contribution is 5.93. The van der Waals surface area contributed by atoms with Crippen molar-refractivity contribution in [2.75, 3.05) is 20.1 Å². The fourth-order valence-electron chi connectivity index (χ4n) is 3.24. The predicted octanol–water partition coefficient (Wildman–Crippen LogP) is 2.19. The lowest BCUT2D eigenvalue weighted by molar-refractivity contribution is 0.0696. The van der Waals surface area contributed by atoms with E-state index < -0.39 is 0 Å². The molecule has 0 radical (unpaired) electrons. The first-order chi connectivity index (χ1) is 12.5. The van der Waals surface area contributed by atoms with Crippen molar-refractivity contribution in [3.8, 4) is 11.4 Å². The molecule has 0 bridgehead atoms. The standard InChI is InChI=1S/C19H27N5O2/c1-13(2)26-17-7-5-16(6-8-17)24-14(3)18(21-22-24)19(25)23(4)15-9-11-20-12-10-15/h5-8,13,15,20H,9-12H2,1-4H3. The molecule has 2 heterocycles. The first-order valence-corrected chi connectivity index (χ1v) is 9.14. The summed E-state index contributed by atoms with van der Waals surface area (Å²) in [5.41, 5.74) is 2.01. The molecule has 1 aliphatic heterocycles. The Morgan fingerprint density at radius 3 is 2.54 bits per heavy atom. The Balaban J connectivity index is 1.77. The molecule has 0 spiro atoms. The second kappa shape index (κ2) is 7.86. The van der Waals surface area contributed by atoms with Crippen LogP contribution in [-0.4, -0.2) is 58.1 Å². The number of piperidine rings is 1. The van der Waals surface area contributed by atoms with Gasteiger partial charge in [-0.15, -0.1) is 5.10 Å². The zero-order chi connectivity index (χ0) is 18.7. The molecule has 1 aliphatic rings. The van der Waals surface area contributed by atoms with Crippen molar-refractivity contribution in [2.24, 2.45) is 0 Å². The van der Waals surface area contributed by atoms with Gasteiger partial charge >= 0.3 is 0 Å². The molecule has 140 valence electrons. The molecule has 2 aromatic rings. The van der Waals surface area contributed by atoms with Gasteiger partial charge in [0.25, 0.3) is 5.91 Å². The van der Waals surface area contributed by atoms with E-state index >= 15 is 0 Å². The van der Waals surface area contributed by atoms with Gasteiger partial charge in [-0.3, -0.25) is 4.79 Å². The minimum absolute atomic E-state index is 0.0691. The molecule has 1 amide bonds. The summed E-state index contributed by atoms with van der Waals surface area (Å²) >= 11 is 0. The molecule has 0 saturated carbocycles. The topological polar surface area (TPSA) is 72.3 Å². The molecule has 7 nitrogen and oxygen atoms in total. The number of carbonyl (C=O) groups is 1. The molecule has 0 atom stereocenters. The van der Waals surface area contributed by atoms with E-state index in [4.69, 9.17) is 4.74 Å². The maximum atomic E-state index is 12.9. The highest BCUT2D eigenvalue weighted by atomic mass is 16.5. The van der Waals surface area contributed by atoms with E-state index in [1.807, 2.05) is 57.0 Å². The average molecular weight is 357 g/mol. The van der Waals surface area contributed by atoms with E-state index in [0.717, 1.165) is 43.1 Å². The van der Waals surface area contributed by atoms with Crippen LogP contribution in [0, 0.1) is 6.92 Å². The fourth-order valence-corrected chi connectivity index (χ4v) is 3.24.